The van der Waals surface area contributed by atoms with Crippen molar-refractivity contribution in [2.24, 2.45) is 11.3 Å². The Morgan fingerprint density at radius 2 is 1.03 bits per heavy atom. The molecule has 332 valence electrons. The van der Waals surface area contributed by atoms with Crippen LogP contribution in [0.5, 0.6) is 23.0 Å². The lowest BCUT2D eigenvalue weighted by Gasteiger charge is -2.37. The van der Waals surface area contributed by atoms with Gasteiger partial charge in [-0.25, -0.2) is 0 Å². The Kier molecular flexibility index (Phi) is 14.3. The topological polar surface area (TPSA) is 146 Å². The van der Waals surface area contributed by atoms with Gasteiger partial charge in [0.25, 0.3) is 0 Å². The van der Waals surface area contributed by atoms with E-state index in [1.807, 2.05) is 27.7 Å². The van der Waals surface area contributed by atoms with Crippen LogP contribution in [0.3, 0.4) is 0 Å². The molecular weight excluding hydrogens is 804 g/mol. The number of ketones is 1. The second-order valence-electron chi connectivity index (χ2n) is 18.4. The second kappa shape index (κ2) is 18.9. The molecule has 0 aromatic heterocycles. The molecule has 2 fully saturated rings. The largest absolute Gasteiger partial charge is 0.496 e. The van der Waals surface area contributed by atoms with Crippen molar-refractivity contribution in [1.82, 2.24) is 0 Å². The third kappa shape index (κ3) is 9.15. The SMILES string of the molecule is COc1cccc(OC)c1C(=O)P(=O)(C(=O)c1c(OC)cccc1OC)C(c1cc(C2(O)CCCCC2)ccc1C(=O)c1ccc(C2(O)CCCCC2)cc1)C(C)CC(C)(C)C. The van der Waals surface area contributed by atoms with Crippen molar-refractivity contribution < 1.29 is 48.1 Å². The summed E-state index contributed by atoms with van der Waals surface area (Å²) < 4.78 is 40.0. The van der Waals surface area contributed by atoms with Crippen LogP contribution >= 0.6 is 7.14 Å². The molecule has 11 heteroatoms. The van der Waals surface area contributed by atoms with Gasteiger partial charge in [-0.1, -0.05) is 121 Å². The predicted molar refractivity (Wildman–Crippen MR) is 242 cm³/mol. The van der Waals surface area contributed by atoms with Crippen molar-refractivity contribution in [1.29, 1.82) is 0 Å². The third-order valence-corrected chi connectivity index (χ3v) is 16.2. The minimum absolute atomic E-state index is 0.0536. The molecule has 2 aliphatic carbocycles. The molecule has 0 bridgehead atoms. The molecule has 0 radical (unpaired) electrons. The number of rotatable bonds is 16. The van der Waals surface area contributed by atoms with Gasteiger partial charge in [0.1, 0.15) is 34.1 Å². The Labute approximate surface area is 366 Å². The first-order chi connectivity index (χ1) is 29.5. The summed E-state index contributed by atoms with van der Waals surface area (Å²) in [6.07, 6.45) is 7.99. The minimum Gasteiger partial charge on any atom is -0.496 e. The molecule has 0 saturated heterocycles. The standard InChI is InChI=1S/C51H63O10P/c1-33(32-49(2,3)4)46(62(57,47(53)43-39(58-5)17-15-18-40(43)59-6)48(54)44-41(60-7)19-16-20-42(44)61-8)38-31-36(51(56)29-13-10-14-30-51)25-26-37(38)45(52)34-21-23-35(24-22-34)50(55)27-11-9-12-28-50/h15-26,31,33,46,55-56H,9-14,27-30,32H2,1-8H3. The zero-order chi connectivity index (χ0) is 45.0. The molecule has 2 saturated carbocycles. The third-order valence-electron chi connectivity index (χ3n) is 12.9. The zero-order valence-electron chi connectivity index (χ0n) is 37.5. The molecular formula is C51H63O10P. The zero-order valence-corrected chi connectivity index (χ0v) is 38.4. The first-order valence-corrected chi connectivity index (χ1v) is 23.6. The number of ether oxygens (including phenoxy) is 4. The number of carbonyl (C=O) groups excluding carboxylic acids is 3. The van der Waals surface area contributed by atoms with Gasteiger partial charge in [-0.3, -0.25) is 14.4 Å². The molecule has 62 heavy (non-hydrogen) atoms. The summed E-state index contributed by atoms with van der Waals surface area (Å²) in [5, 5.41) is 23.8. The molecule has 2 atom stereocenters. The summed E-state index contributed by atoms with van der Waals surface area (Å²) in [4.78, 5) is 46.9. The van der Waals surface area contributed by atoms with E-state index in [0.29, 0.717) is 43.2 Å². The van der Waals surface area contributed by atoms with Crippen LogP contribution in [-0.2, 0) is 15.8 Å². The molecule has 0 amide bonds. The van der Waals surface area contributed by atoms with Crippen LogP contribution < -0.4 is 18.9 Å². The first kappa shape index (κ1) is 46.7. The maximum absolute atomic E-state index is 17.1. The van der Waals surface area contributed by atoms with E-state index in [-0.39, 0.29) is 45.3 Å². The number of hydrogen-bond donors (Lipinski definition) is 2. The fraction of sp³-hybridized carbons (Fsp3) is 0.471. The van der Waals surface area contributed by atoms with Crippen molar-refractivity contribution >= 4 is 24.0 Å². The average molecular weight is 867 g/mol. The molecule has 10 nitrogen and oxygen atoms in total. The highest BCUT2D eigenvalue weighted by Crippen LogP contribution is 2.69. The second-order valence-corrected chi connectivity index (χ2v) is 21.1. The van der Waals surface area contributed by atoms with E-state index in [4.69, 9.17) is 18.9 Å². The summed E-state index contributed by atoms with van der Waals surface area (Å²) in [5.74, 6) is -0.888. The van der Waals surface area contributed by atoms with E-state index in [1.165, 1.54) is 28.4 Å². The summed E-state index contributed by atoms with van der Waals surface area (Å²) >= 11 is 0. The summed E-state index contributed by atoms with van der Waals surface area (Å²) in [7, 11) is 0.398. The lowest BCUT2D eigenvalue weighted by atomic mass is 9.76. The van der Waals surface area contributed by atoms with Crippen molar-refractivity contribution in [3.8, 4) is 23.0 Å². The van der Waals surface area contributed by atoms with Crippen molar-refractivity contribution in [2.75, 3.05) is 28.4 Å². The van der Waals surface area contributed by atoms with E-state index >= 15 is 18.9 Å². The molecule has 2 aliphatic rings. The number of aliphatic hydroxyl groups is 2. The average Bonchev–Trinajstić information content (AvgIpc) is 3.27. The van der Waals surface area contributed by atoms with E-state index in [2.05, 4.69) is 0 Å². The number of methoxy groups -OCH3 is 4. The van der Waals surface area contributed by atoms with Crippen molar-refractivity contribution in [3.05, 3.63) is 118 Å². The van der Waals surface area contributed by atoms with Gasteiger partial charge in [-0.05, 0) is 84.4 Å². The summed E-state index contributed by atoms with van der Waals surface area (Å²) in [6.45, 7) is 7.93. The summed E-state index contributed by atoms with van der Waals surface area (Å²) in [5.41, 5.74) is -4.54. The van der Waals surface area contributed by atoms with Gasteiger partial charge in [0.2, 0.25) is 18.2 Å². The highest BCUT2D eigenvalue weighted by Gasteiger charge is 2.54. The van der Waals surface area contributed by atoms with E-state index < -0.39 is 52.2 Å². The fourth-order valence-corrected chi connectivity index (χ4v) is 13.2. The van der Waals surface area contributed by atoms with Gasteiger partial charge in [-0.15, -0.1) is 0 Å². The smallest absolute Gasteiger partial charge is 0.237 e. The Hall–Kier alpha value is -4.76. The number of benzene rings is 4. The predicted octanol–water partition coefficient (Wildman–Crippen LogP) is 11.4. The van der Waals surface area contributed by atoms with Gasteiger partial charge in [-0.2, -0.15) is 0 Å². The molecule has 0 heterocycles. The molecule has 6 rings (SSSR count). The molecule has 2 unspecified atom stereocenters. The molecule has 2 N–H and O–H groups in total. The normalized spacial score (nSPS) is 17.3. The Morgan fingerprint density at radius 3 is 1.44 bits per heavy atom. The van der Waals surface area contributed by atoms with Crippen LogP contribution in [-0.4, -0.2) is 55.5 Å². The highest BCUT2D eigenvalue weighted by atomic mass is 31.2. The lowest BCUT2D eigenvalue weighted by Crippen LogP contribution is -2.30. The van der Waals surface area contributed by atoms with E-state index in [9.17, 15) is 10.2 Å². The molecule has 0 aliphatic heterocycles. The Morgan fingerprint density at radius 1 is 0.629 bits per heavy atom. The van der Waals surface area contributed by atoms with Gasteiger partial charge in [0.05, 0.1) is 45.3 Å². The van der Waals surface area contributed by atoms with Crippen LogP contribution in [0.15, 0.2) is 78.9 Å². The van der Waals surface area contributed by atoms with Crippen LogP contribution in [0, 0.1) is 11.3 Å². The van der Waals surface area contributed by atoms with Crippen molar-refractivity contribution in [3.63, 3.8) is 0 Å². The monoisotopic (exact) mass is 866 g/mol. The highest BCUT2D eigenvalue weighted by molar-refractivity contribution is 7.95. The summed E-state index contributed by atoms with van der Waals surface area (Å²) in [6, 6.07) is 21.5. The van der Waals surface area contributed by atoms with Crippen LogP contribution in [0.4, 0.5) is 0 Å². The van der Waals surface area contributed by atoms with Crippen LogP contribution in [0.2, 0.25) is 0 Å². The Balaban J connectivity index is 1.70. The first-order valence-electron chi connectivity index (χ1n) is 21.8. The van der Waals surface area contributed by atoms with E-state index in [1.54, 1.807) is 78.9 Å². The van der Waals surface area contributed by atoms with E-state index in [0.717, 1.165) is 44.1 Å². The number of hydrogen-bond acceptors (Lipinski definition) is 10. The maximum atomic E-state index is 17.1. The maximum Gasteiger partial charge on any atom is 0.237 e. The van der Waals surface area contributed by atoms with Gasteiger partial charge < -0.3 is 33.7 Å². The van der Waals surface area contributed by atoms with Gasteiger partial charge in [0.15, 0.2) is 5.78 Å². The lowest BCUT2D eigenvalue weighted by molar-refractivity contribution is -0.00100. The van der Waals surface area contributed by atoms with Gasteiger partial charge >= 0.3 is 0 Å². The minimum atomic E-state index is -5.12. The van der Waals surface area contributed by atoms with Crippen LogP contribution in [0.25, 0.3) is 0 Å². The van der Waals surface area contributed by atoms with Crippen molar-refractivity contribution in [2.45, 2.75) is 115 Å². The Bertz CT molecular complexity index is 2200. The molecule has 4 aromatic rings. The fourth-order valence-electron chi connectivity index (χ4n) is 9.98. The molecule has 0 spiro atoms. The van der Waals surface area contributed by atoms with Crippen LogP contribution in [0.1, 0.15) is 157 Å². The van der Waals surface area contributed by atoms with Gasteiger partial charge in [0, 0.05) is 11.1 Å². The molecule has 4 aromatic carbocycles. The number of carbonyl (C=O) groups is 3. The quantitative estimate of drug-likeness (QED) is 0.0824.